The van der Waals surface area contributed by atoms with Gasteiger partial charge in [0.05, 0.1) is 18.4 Å². The van der Waals surface area contributed by atoms with Gasteiger partial charge in [0.2, 0.25) is 0 Å². The van der Waals surface area contributed by atoms with Gasteiger partial charge >= 0.3 is 0 Å². The molecule has 0 fully saturated rings. The molecule has 0 saturated heterocycles. The van der Waals surface area contributed by atoms with E-state index in [1.54, 1.807) is 0 Å². The monoisotopic (exact) mass is 283 g/mol. The minimum atomic E-state index is 0.343. The third kappa shape index (κ3) is 3.13. The van der Waals surface area contributed by atoms with E-state index in [1.807, 2.05) is 23.0 Å². The molecular formula is C16H21N5. The number of nitrogens with one attached hydrogen (secondary N) is 1. The third-order valence-electron chi connectivity index (χ3n) is 3.60. The van der Waals surface area contributed by atoms with Gasteiger partial charge in [0.15, 0.2) is 0 Å². The van der Waals surface area contributed by atoms with Crippen molar-refractivity contribution in [2.75, 3.05) is 0 Å². The lowest BCUT2D eigenvalue weighted by molar-refractivity contribution is 0.449. The van der Waals surface area contributed by atoms with Crippen molar-refractivity contribution < 1.29 is 0 Å². The summed E-state index contributed by atoms with van der Waals surface area (Å²) in [7, 11) is 0. The molecule has 0 bridgehead atoms. The molecule has 0 radical (unpaired) electrons. The lowest BCUT2D eigenvalue weighted by Crippen LogP contribution is -2.30. The highest BCUT2D eigenvalue weighted by atomic mass is 15.3. The Hall–Kier alpha value is -2.14. The SMILES string of the molecule is Cc1cnn(CC(C)NCc2cn3c(C)cccc3n2)c1. The fourth-order valence-electron chi connectivity index (χ4n) is 2.47. The van der Waals surface area contributed by atoms with Gasteiger partial charge in [-0.3, -0.25) is 4.68 Å². The molecule has 5 nitrogen and oxygen atoms in total. The minimum absolute atomic E-state index is 0.343. The van der Waals surface area contributed by atoms with E-state index in [0.717, 1.165) is 24.4 Å². The molecular weight excluding hydrogens is 262 g/mol. The summed E-state index contributed by atoms with van der Waals surface area (Å²) in [5.41, 5.74) is 4.46. The maximum absolute atomic E-state index is 4.63. The van der Waals surface area contributed by atoms with Crippen LogP contribution in [0.25, 0.3) is 5.65 Å². The minimum Gasteiger partial charge on any atom is -0.307 e. The van der Waals surface area contributed by atoms with Crippen LogP contribution in [0.2, 0.25) is 0 Å². The standard InChI is InChI=1S/C16H21N5/c1-12-7-18-20(9-12)10-13(2)17-8-15-11-21-14(3)5-4-6-16(21)19-15/h4-7,9,11,13,17H,8,10H2,1-3H3. The highest BCUT2D eigenvalue weighted by Crippen LogP contribution is 2.08. The van der Waals surface area contributed by atoms with Crippen LogP contribution >= 0.6 is 0 Å². The Bertz CT molecular complexity index is 740. The van der Waals surface area contributed by atoms with E-state index in [0.29, 0.717) is 6.04 Å². The number of fused-ring (bicyclic) bond motifs is 1. The summed E-state index contributed by atoms with van der Waals surface area (Å²) in [6.45, 7) is 7.94. The smallest absolute Gasteiger partial charge is 0.137 e. The van der Waals surface area contributed by atoms with E-state index in [2.05, 4.69) is 59.0 Å². The van der Waals surface area contributed by atoms with Crippen LogP contribution in [0.4, 0.5) is 0 Å². The second kappa shape index (κ2) is 5.69. The molecule has 110 valence electrons. The van der Waals surface area contributed by atoms with E-state index in [1.165, 1.54) is 11.3 Å². The molecule has 3 rings (SSSR count). The second-order valence-corrected chi connectivity index (χ2v) is 5.65. The van der Waals surface area contributed by atoms with Crippen LogP contribution in [0.15, 0.2) is 36.8 Å². The molecule has 1 N–H and O–H groups in total. The summed E-state index contributed by atoms with van der Waals surface area (Å²) in [6, 6.07) is 6.51. The number of pyridine rings is 1. The number of nitrogens with zero attached hydrogens (tertiary/aromatic N) is 4. The van der Waals surface area contributed by atoms with E-state index in [9.17, 15) is 0 Å². The fourth-order valence-corrected chi connectivity index (χ4v) is 2.47. The van der Waals surface area contributed by atoms with Crippen LogP contribution < -0.4 is 5.32 Å². The quantitative estimate of drug-likeness (QED) is 0.781. The molecule has 0 aromatic carbocycles. The molecule has 3 heterocycles. The molecule has 0 aliphatic heterocycles. The first-order valence-electron chi connectivity index (χ1n) is 7.28. The zero-order valence-corrected chi connectivity index (χ0v) is 12.7. The molecule has 0 amide bonds. The summed E-state index contributed by atoms with van der Waals surface area (Å²) >= 11 is 0. The number of hydrogen-bond acceptors (Lipinski definition) is 3. The summed E-state index contributed by atoms with van der Waals surface area (Å²) in [4.78, 5) is 4.63. The Balaban J connectivity index is 1.62. The van der Waals surface area contributed by atoms with Gasteiger partial charge in [-0.2, -0.15) is 5.10 Å². The first-order valence-corrected chi connectivity index (χ1v) is 7.28. The van der Waals surface area contributed by atoms with Crippen molar-refractivity contribution in [3.8, 4) is 0 Å². The Morgan fingerprint density at radius 2 is 2.10 bits per heavy atom. The van der Waals surface area contributed by atoms with Gasteiger partial charge in [0.1, 0.15) is 5.65 Å². The number of imidazole rings is 1. The van der Waals surface area contributed by atoms with E-state index >= 15 is 0 Å². The maximum Gasteiger partial charge on any atom is 0.137 e. The largest absolute Gasteiger partial charge is 0.307 e. The van der Waals surface area contributed by atoms with E-state index in [4.69, 9.17) is 0 Å². The Kier molecular flexibility index (Phi) is 3.75. The number of rotatable bonds is 5. The fraction of sp³-hybridized carbons (Fsp3) is 0.375. The predicted octanol–water partition coefficient (Wildman–Crippen LogP) is 2.33. The highest BCUT2D eigenvalue weighted by Gasteiger charge is 2.07. The zero-order chi connectivity index (χ0) is 14.8. The van der Waals surface area contributed by atoms with Gasteiger partial charge in [-0.25, -0.2) is 4.98 Å². The number of aromatic nitrogens is 4. The Labute approximate surface area is 124 Å². The molecule has 3 aromatic rings. The molecule has 0 aliphatic rings. The van der Waals surface area contributed by atoms with Crippen LogP contribution in [0, 0.1) is 13.8 Å². The van der Waals surface area contributed by atoms with Crippen molar-refractivity contribution in [1.29, 1.82) is 0 Å². The van der Waals surface area contributed by atoms with Gasteiger partial charge in [-0.1, -0.05) is 6.07 Å². The van der Waals surface area contributed by atoms with Crippen LogP contribution in [-0.2, 0) is 13.1 Å². The van der Waals surface area contributed by atoms with Crippen molar-refractivity contribution in [3.05, 3.63) is 53.7 Å². The van der Waals surface area contributed by atoms with E-state index in [-0.39, 0.29) is 0 Å². The van der Waals surface area contributed by atoms with Gasteiger partial charge in [-0.05, 0) is 38.5 Å². The first kappa shape index (κ1) is 13.8. The molecule has 3 aromatic heterocycles. The number of hydrogen-bond donors (Lipinski definition) is 1. The molecule has 0 aliphatic carbocycles. The Morgan fingerprint density at radius 1 is 1.24 bits per heavy atom. The summed E-state index contributed by atoms with van der Waals surface area (Å²) in [5.74, 6) is 0. The zero-order valence-electron chi connectivity index (χ0n) is 12.7. The average Bonchev–Trinajstić information content (AvgIpc) is 3.03. The topological polar surface area (TPSA) is 47.2 Å². The summed E-state index contributed by atoms with van der Waals surface area (Å²) in [5, 5.41) is 7.81. The van der Waals surface area contributed by atoms with Crippen LogP contribution in [0.3, 0.4) is 0 Å². The Morgan fingerprint density at radius 3 is 2.81 bits per heavy atom. The highest BCUT2D eigenvalue weighted by molar-refractivity contribution is 5.41. The van der Waals surface area contributed by atoms with Gasteiger partial charge in [0.25, 0.3) is 0 Å². The van der Waals surface area contributed by atoms with Crippen molar-refractivity contribution in [1.82, 2.24) is 24.5 Å². The van der Waals surface area contributed by atoms with Gasteiger partial charge < -0.3 is 9.72 Å². The van der Waals surface area contributed by atoms with E-state index < -0.39 is 0 Å². The lowest BCUT2D eigenvalue weighted by Gasteiger charge is -2.12. The van der Waals surface area contributed by atoms with Crippen LogP contribution in [0.1, 0.15) is 23.9 Å². The van der Waals surface area contributed by atoms with Crippen LogP contribution in [0.5, 0.6) is 0 Å². The van der Waals surface area contributed by atoms with Gasteiger partial charge in [0, 0.05) is 30.7 Å². The number of aryl methyl sites for hydroxylation is 2. The average molecular weight is 283 g/mol. The van der Waals surface area contributed by atoms with Crippen LogP contribution in [-0.4, -0.2) is 25.2 Å². The summed E-state index contributed by atoms with van der Waals surface area (Å²) in [6.07, 6.45) is 6.05. The first-order chi connectivity index (χ1) is 10.1. The molecule has 1 unspecified atom stereocenters. The molecule has 0 saturated carbocycles. The second-order valence-electron chi connectivity index (χ2n) is 5.65. The van der Waals surface area contributed by atoms with Crippen molar-refractivity contribution >= 4 is 5.65 Å². The van der Waals surface area contributed by atoms with Crippen molar-refractivity contribution in [2.24, 2.45) is 0 Å². The third-order valence-corrected chi connectivity index (χ3v) is 3.60. The molecule has 5 heteroatoms. The van der Waals surface area contributed by atoms with Crippen molar-refractivity contribution in [3.63, 3.8) is 0 Å². The maximum atomic E-state index is 4.63. The van der Waals surface area contributed by atoms with Gasteiger partial charge in [-0.15, -0.1) is 0 Å². The summed E-state index contributed by atoms with van der Waals surface area (Å²) < 4.78 is 4.10. The molecule has 1 atom stereocenters. The van der Waals surface area contributed by atoms with Crippen molar-refractivity contribution in [2.45, 2.75) is 39.9 Å². The lowest BCUT2D eigenvalue weighted by atomic mass is 10.3. The molecule has 0 spiro atoms. The predicted molar refractivity (Wildman–Crippen MR) is 83.2 cm³/mol. The normalized spacial score (nSPS) is 12.9. The molecule has 21 heavy (non-hydrogen) atoms.